The molecule has 0 aliphatic carbocycles. The molecule has 0 aromatic heterocycles. The zero-order valence-corrected chi connectivity index (χ0v) is 27.5. The Hall–Kier alpha value is -0.950. The number of quaternary nitrogens is 1. The van der Waals surface area contributed by atoms with Gasteiger partial charge in [0.15, 0.2) is 9.84 Å². The van der Waals surface area contributed by atoms with E-state index in [1.54, 1.807) is 0 Å². The van der Waals surface area contributed by atoms with E-state index in [0.29, 0.717) is 26.2 Å². The van der Waals surface area contributed by atoms with E-state index >= 15 is 0 Å². The van der Waals surface area contributed by atoms with Crippen molar-refractivity contribution in [2.24, 2.45) is 0 Å². The highest BCUT2D eigenvalue weighted by atomic mass is 32.2. The van der Waals surface area contributed by atoms with Crippen LogP contribution in [0.1, 0.15) is 122 Å². The van der Waals surface area contributed by atoms with Crippen molar-refractivity contribution in [3.05, 3.63) is 35.9 Å². The molecule has 1 rings (SSSR count). The number of unbranched alkanes of at least 4 members (excludes halogenated alkanes) is 15. The summed E-state index contributed by atoms with van der Waals surface area (Å²) in [6.07, 6.45) is 21.8. The van der Waals surface area contributed by atoms with Crippen LogP contribution in [0.3, 0.4) is 0 Å². The van der Waals surface area contributed by atoms with Crippen LogP contribution in [0.5, 0.6) is 0 Å². The second-order valence-electron chi connectivity index (χ2n) is 12.8. The highest BCUT2D eigenvalue weighted by Crippen LogP contribution is 2.14. The summed E-state index contributed by atoms with van der Waals surface area (Å²) in [4.78, 5) is 0. The van der Waals surface area contributed by atoms with Gasteiger partial charge in [0.05, 0.1) is 58.5 Å². The molecule has 40 heavy (non-hydrogen) atoms. The lowest BCUT2D eigenvalue weighted by molar-refractivity contribution is -0.870. The summed E-state index contributed by atoms with van der Waals surface area (Å²) in [5.41, 5.74) is 1.05. The monoisotopic (exact) mass is 582 g/mol. The zero-order valence-electron chi connectivity index (χ0n) is 26.7. The van der Waals surface area contributed by atoms with Crippen LogP contribution in [0, 0.1) is 0 Å². The summed E-state index contributed by atoms with van der Waals surface area (Å²) in [5, 5.41) is 0. The number of nitrogens with zero attached hydrogens (tertiary/aromatic N) is 1. The first kappa shape index (κ1) is 37.1. The molecule has 5 nitrogen and oxygen atoms in total. The molecule has 0 saturated heterocycles. The van der Waals surface area contributed by atoms with Crippen LogP contribution in [-0.4, -0.2) is 71.4 Å². The van der Waals surface area contributed by atoms with E-state index in [0.717, 1.165) is 23.0 Å². The van der Waals surface area contributed by atoms with E-state index in [9.17, 15) is 8.42 Å². The largest absolute Gasteiger partial charge is 0.379 e. The first-order valence-electron chi connectivity index (χ1n) is 16.5. The smallest absolute Gasteiger partial charge is 0.153 e. The molecule has 0 N–H and O–H groups in total. The molecule has 1 unspecified atom stereocenters. The lowest BCUT2D eigenvalue weighted by atomic mass is 10.0. The minimum absolute atomic E-state index is 0.0237. The fourth-order valence-corrected chi connectivity index (χ4v) is 6.52. The standard InChI is InChI=1S/C34H64NO4S/c1-5-6-7-8-9-10-11-12-13-14-15-16-17-18-19-23-28-38-31-34(39-30-33-25-21-20-22-26-33)32-40(36,37)29-24-27-35(2,3)4/h20-22,25-26,34H,5-19,23-24,27-32H2,1-4H3/q+1. The van der Waals surface area contributed by atoms with E-state index < -0.39 is 15.9 Å². The van der Waals surface area contributed by atoms with Gasteiger partial charge in [0, 0.05) is 13.0 Å². The van der Waals surface area contributed by atoms with E-state index in [2.05, 4.69) is 28.1 Å². The van der Waals surface area contributed by atoms with Gasteiger partial charge in [0.2, 0.25) is 0 Å². The first-order valence-corrected chi connectivity index (χ1v) is 18.3. The third-order valence-corrected chi connectivity index (χ3v) is 9.29. The van der Waals surface area contributed by atoms with Crippen molar-refractivity contribution in [3.8, 4) is 0 Å². The molecule has 0 saturated carbocycles. The summed E-state index contributed by atoms with van der Waals surface area (Å²) in [6, 6.07) is 9.93. The van der Waals surface area contributed by atoms with Gasteiger partial charge in [0.1, 0.15) is 0 Å². The minimum atomic E-state index is -3.20. The van der Waals surface area contributed by atoms with Gasteiger partial charge >= 0.3 is 0 Å². The minimum Gasteiger partial charge on any atom is -0.379 e. The summed E-state index contributed by atoms with van der Waals surface area (Å²) in [7, 11) is 3.07. The Morgan fingerprint density at radius 2 is 1.20 bits per heavy atom. The molecule has 0 bridgehead atoms. The van der Waals surface area contributed by atoms with Crippen LogP contribution in [0.25, 0.3) is 0 Å². The highest BCUT2D eigenvalue weighted by molar-refractivity contribution is 7.91. The number of hydrogen-bond acceptors (Lipinski definition) is 4. The molecule has 0 amide bonds. The molecule has 1 aromatic rings. The normalized spacial score (nSPS) is 13.1. The molecule has 0 fully saturated rings. The van der Waals surface area contributed by atoms with Gasteiger partial charge in [-0.25, -0.2) is 8.42 Å². The Labute approximate surface area is 248 Å². The van der Waals surface area contributed by atoms with Gasteiger partial charge in [0.25, 0.3) is 0 Å². The van der Waals surface area contributed by atoms with Crippen molar-refractivity contribution in [2.75, 3.05) is 52.4 Å². The van der Waals surface area contributed by atoms with Crippen molar-refractivity contribution < 1.29 is 22.4 Å². The maximum atomic E-state index is 12.8. The maximum absolute atomic E-state index is 12.8. The molecule has 0 radical (unpaired) electrons. The van der Waals surface area contributed by atoms with Gasteiger partial charge in [-0.1, -0.05) is 134 Å². The quantitative estimate of drug-likeness (QED) is 0.0736. The summed E-state index contributed by atoms with van der Waals surface area (Å²) in [5.74, 6) is 0.225. The molecule has 0 aliphatic rings. The lowest BCUT2D eigenvalue weighted by Crippen LogP contribution is -2.37. The highest BCUT2D eigenvalue weighted by Gasteiger charge is 2.21. The van der Waals surface area contributed by atoms with E-state index in [1.807, 2.05) is 30.3 Å². The van der Waals surface area contributed by atoms with Crippen LogP contribution in [0.15, 0.2) is 30.3 Å². The third-order valence-electron chi connectivity index (χ3n) is 7.50. The number of hydrogen-bond donors (Lipinski definition) is 0. The molecule has 1 aromatic carbocycles. The fraction of sp³-hybridized carbons (Fsp3) is 0.824. The molecular formula is C34H64NO4S+. The Kier molecular flexibility index (Phi) is 21.9. The fourth-order valence-electron chi connectivity index (χ4n) is 5.03. The summed E-state index contributed by atoms with van der Waals surface area (Å²) >= 11 is 0. The molecule has 0 heterocycles. The van der Waals surface area contributed by atoms with Crippen molar-refractivity contribution in [3.63, 3.8) is 0 Å². The predicted octanol–water partition coefficient (Wildman–Crippen LogP) is 8.36. The molecule has 234 valence electrons. The van der Waals surface area contributed by atoms with E-state index in [1.165, 1.54) is 96.3 Å². The predicted molar refractivity (Wildman–Crippen MR) is 172 cm³/mol. The molecule has 6 heteroatoms. The molecule has 0 spiro atoms. The number of rotatable bonds is 28. The van der Waals surface area contributed by atoms with Gasteiger partial charge in [-0.05, 0) is 12.0 Å². The van der Waals surface area contributed by atoms with Crippen LogP contribution in [-0.2, 0) is 25.9 Å². The van der Waals surface area contributed by atoms with Crippen molar-refractivity contribution in [2.45, 2.75) is 129 Å². The second-order valence-corrected chi connectivity index (χ2v) is 15.0. The average molecular weight is 583 g/mol. The zero-order chi connectivity index (χ0) is 29.4. The number of sulfone groups is 1. The van der Waals surface area contributed by atoms with Crippen molar-refractivity contribution in [1.82, 2.24) is 0 Å². The summed E-state index contributed by atoms with van der Waals surface area (Å²) < 4.78 is 38.3. The van der Waals surface area contributed by atoms with Crippen LogP contribution < -0.4 is 0 Å². The Morgan fingerprint density at radius 1 is 0.700 bits per heavy atom. The Morgan fingerprint density at radius 3 is 1.70 bits per heavy atom. The Bertz CT molecular complexity index is 792. The van der Waals surface area contributed by atoms with Crippen LogP contribution in [0.4, 0.5) is 0 Å². The van der Waals surface area contributed by atoms with Gasteiger partial charge in [-0.15, -0.1) is 0 Å². The Balaban J connectivity index is 2.14. The first-order chi connectivity index (χ1) is 19.2. The molecule has 0 aliphatic heterocycles. The SMILES string of the molecule is CCCCCCCCCCCCCCCCCCOCC(CS(=O)(=O)CCC[N+](C)(C)C)OCc1ccccc1. The van der Waals surface area contributed by atoms with E-state index in [4.69, 9.17) is 9.47 Å². The summed E-state index contributed by atoms with van der Waals surface area (Å²) in [6.45, 7) is 4.53. The number of benzene rings is 1. The van der Waals surface area contributed by atoms with Gasteiger partial charge < -0.3 is 14.0 Å². The topological polar surface area (TPSA) is 52.6 Å². The van der Waals surface area contributed by atoms with Gasteiger partial charge in [-0.3, -0.25) is 0 Å². The van der Waals surface area contributed by atoms with Gasteiger partial charge in [-0.2, -0.15) is 0 Å². The van der Waals surface area contributed by atoms with Crippen molar-refractivity contribution >= 4 is 9.84 Å². The van der Waals surface area contributed by atoms with E-state index in [-0.39, 0.29) is 11.5 Å². The van der Waals surface area contributed by atoms with Crippen LogP contribution >= 0.6 is 0 Å². The molecule has 1 atom stereocenters. The maximum Gasteiger partial charge on any atom is 0.153 e. The van der Waals surface area contributed by atoms with Crippen LogP contribution in [0.2, 0.25) is 0 Å². The van der Waals surface area contributed by atoms with Crippen molar-refractivity contribution in [1.29, 1.82) is 0 Å². The average Bonchev–Trinajstić information content (AvgIpc) is 2.90. The molecular weight excluding hydrogens is 518 g/mol. The lowest BCUT2D eigenvalue weighted by Gasteiger charge is -2.24. The number of ether oxygens (including phenoxy) is 2. The third kappa shape index (κ3) is 23.7. The second kappa shape index (κ2) is 23.6.